The van der Waals surface area contributed by atoms with Gasteiger partial charge in [-0.3, -0.25) is 4.90 Å². The van der Waals surface area contributed by atoms with Gasteiger partial charge in [-0.25, -0.2) is 0 Å². The fraction of sp³-hybridized carbons (Fsp3) is 0.462. The van der Waals surface area contributed by atoms with Crippen LogP contribution < -0.4 is 5.32 Å². The molecule has 3 rings (SSSR count). The van der Waals surface area contributed by atoms with Crippen molar-refractivity contribution < 1.29 is 8.94 Å². The Balaban J connectivity index is 1.66. The van der Waals surface area contributed by atoms with E-state index in [-0.39, 0.29) is 0 Å². The first-order chi connectivity index (χ1) is 8.83. The van der Waals surface area contributed by atoms with E-state index in [4.69, 9.17) is 8.94 Å². The van der Waals surface area contributed by atoms with Gasteiger partial charge in [-0.05, 0) is 32.1 Å². The number of likely N-dealkylation sites (N-methyl/N-ethyl adjacent to an activating group) is 1. The van der Waals surface area contributed by atoms with Crippen molar-refractivity contribution in [3.8, 4) is 11.5 Å². The lowest BCUT2D eigenvalue weighted by Crippen LogP contribution is -2.32. The van der Waals surface area contributed by atoms with Gasteiger partial charge in [0, 0.05) is 25.2 Å². The van der Waals surface area contributed by atoms with Crippen LogP contribution in [0.2, 0.25) is 0 Å². The quantitative estimate of drug-likeness (QED) is 0.891. The molecule has 1 aliphatic heterocycles. The van der Waals surface area contributed by atoms with Crippen LogP contribution in [0.25, 0.3) is 11.5 Å². The molecule has 1 aliphatic rings. The average molecular weight is 247 g/mol. The molecule has 0 radical (unpaired) electrons. The third-order valence-corrected chi connectivity index (χ3v) is 3.39. The third kappa shape index (κ3) is 2.32. The molecule has 1 unspecified atom stereocenters. The fourth-order valence-corrected chi connectivity index (χ4v) is 2.32. The highest BCUT2D eigenvalue weighted by atomic mass is 16.5. The van der Waals surface area contributed by atoms with Gasteiger partial charge in [0.1, 0.15) is 0 Å². The zero-order valence-corrected chi connectivity index (χ0v) is 10.4. The zero-order chi connectivity index (χ0) is 12.4. The Kier molecular flexibility index (Phi) is 3.17. The van der Waals surface area contributed by atoms with E-state index in [1.165, 1.54) is 6.42 Å². The number of nitrogens with one attached hydrogen (secondary N) is 1. The lowest BCUT2D eigenvalue weighted by Gasteiger charge is -2.21. The van der Waals surface area contributed by atoms with E-state index < -0.39 is 0 Å². The number of aromatic nitrogens is 1. The monoisotopic (exact) mass is 247 g/mol. The molecule has 0 bridgehead atoms. The van der Waals surface area contributed by atoms with Crippen LogP contribution in [0.4, 0.5) is 0 Å². The van der Waals surface area contributed by atoms with Crippen LogP contribution in [0, 0.1) is 0 Å². The highest BCUT2D eigenvalue weighted by Gasteiger charge is 2.20. The number of hydrogen-bond acceptors (Lipinski definition) is 5. The normalized spacial score (nSPS) is 19.8. The summed E-state index contributed by atoms with van der Waals surface area (Å²) >= 11 is 0. The van der Waals surface area contributed by atoms with Crippen LogP contribution >= 0.6 is 0 Å². The highest BCUT2D eigenvalue weighted by Crippen LogP contribution is 2.21. The Morgan fingerprint density at radius 1 is 1.50 bits per heavy atom. The molecule has 5 heteroatoms. The number of rotatable bonds is 4. The number of hydrogen-bond donors (Lipinski definition) is 1. The molecule has 2 aromatic rings. The van der Waals surface area contributed by atoms with Gasteiger partial charge in [-0.15, -0.1) is 0 Å². The first-order valence-corrected chi connectivity index (χ1v) is 6.23. The predicted octanol–water partition coefficient (Wildman–Crippen LogP) is 1.73. The van der Waals surface area contributed by atoms with Gasteiger partial charge in [0.2, 0.25) is 5.76 Å². The second-order valence-corrected chi connectivity index (χ2v) is 4.72. The molecule has 0 aromatic carbocycles. The van der Waals surface area contributed by atoms with Crippen molar-refractivity contribution in [1.82, 2.24) is 15.4 Å². The molecule has 18 heavy (non-hydrogen) atoms. The molecule has 0 aliphatic carbocycles. The van der Waals surface area contributed by atoms with Gasteiger partial charge < -0.3 is 14.3 Å². The van der Waals surface area contributed by atoms with Crippen LogP contribution in [0.1, 0.15) is 12.1 Å². The minimum atomic E-state index is 0.591. The van der Waals surface area contributed by atoms with Crippen LogP contribution in [-0.4, -0.2) is 36.2 Å². The minimum Gasteiger partial charge on any atom is -0.461 e. The van der Waals surface area contributed by atoms with E-state index >= 15 is 0 Å². The van der Waals surface area contributed by atoms with Crippen LogP contribution in [0.15, 0.2) is 33.4 Å². The molecule has 96 valence electrons. The number of nitrogens with zero attached hydrogens (tertiary/aromatic N) is 2. The summed E-state index contributed by atoms with van der Waals surface area (Å²) in [6.07, 6.45) is 2.83. The van der Waals surface area contributed by atoms with E-state index in [1.54, 1.807) is 6.26 Å². The molecule has 1 N–H and O–H groups in total. The summed E-state index contributed by atoms with van der Waals surface area (Å²) in [7, 11) is 2.12. The molecule has 1 atom stereocenters. The standard InChI is InChI=1S/C13H17N3O2/c1-16(11-4-5-14-8-11)9-10-7-13(18-15-10)12-3-2-6-17-12/h2-3,6-7,11,14H,4-5,8-9H2,1H3. The Hall–Kier alpha value is -1.59. The summed E-state index contributed by atoms with van der Waals surface area (Å²) in [6, 6.07) is 6.24. The topological polar surface area (TPSA) is 54.4 Å². The molecule has 3 heterocycles. The van der Waals surface area contributed by atoms with E-state index in [2.05, 4.69) is 22.4 Å². The summed E-state index contributed by atoms with van der Waals surface area (Å²) in [5, 5.41) is 7.45. The average Bonchev–Trinajstić information content (AvgIpc) is 3.12. The van der Waals surface area contributed by atoms with Crippen molar-refractivity contribution in [2.24, 2.45) is 0 Å². The largest absolute Gasteiger partial charge is 0.461 e. The maximum absolute atomic E-state index is 5.29. The van der Waals surface area contributed by atoms with E-state index in [0.29, 0.717) is 11.8 Å². The molecule has 0 saturated carbocycles. The smallest absolute Gasteiger partial charge is 0.202 e. The van der Waals surface area contributed by atoms with E-state index in [0.717, 1.165) is 31.1 Å². The van der Waals surface area contributed by atoms with Gasteiger partial charge >= 0.3 is 0 Å². The second-order valence-electron chi connectivity index (χ2n) is 4.72. The first kappa shape index (κ1) is 11.5. The molecule has 1 fully saturated rings. The number of furan rings is 1. The van der Waals surface area contributed by atoms with Gasteiger partial charge in [0.05, 0.1) is 12.0 Å². The molecule has 5 nitrogen and oxygen atoms in total. The van der Waals surface area contributed by atoms with Crippen molar-refractivity contribution in [3.05, 3.63) is 30.2 Å². The van der Waals surface area contributed by atoms with Gasteiger partial charge in [-0.2, -0.15) is 0 Å². The molecule has 2 aromatic heterocycles. The lowest BCUT2D eigenvalue weighted by molar-refractivity contribution is 0.241. The highest BCUT2D eigenvalue weighted by molar-refractivity contribution is 5.49. The maximum atomic E-state index is 5.29. The van der Waals surface area contributed by atoms with Crippen molar-refractivity contribution in [2.75, 3.05) is 20.1 Å². The summed E-state index contributed by atoms with van der Waals surface area (Å²) in [4.78, 5) is 2.31. The van der Waals surface area contributed by atoms with Crippen LogP contribution in [0.5, 0.6) is 0 Å². The van der Waals surface area contributed by atoms with Gasteiger partial charge in [-0.1, -0.05) is 5.16 Å². The molecule has 1 saturated heterocycles. The lowest BCUT2D eigenvalue weighted by atomic mass is 10.2. The fourth-order valence-electron chi connectivity index (χ4n) is 2.32. The molecular weight excluding hydrogens is 230 g/mol. The maximum Gasteiger partial charge on any atom is 0.202 e. The zero-order valence-electron chi connectivity index (χ0n) is 10.4. The van der Waals surface area contributed by atoms with Crippen LogP contribution in [-0.2, 0) is 6.54 Å². The van der Waals surface area contributed by atoms with E-state index in [1.807, 2.05) is 18.2 Å². The van der Waals surface area contributed by atoms with Crippen molar-refractivity contribution >= 4 is 0 Å². The van der Waals surface area contributed by atoms with Crippen molar-refractivity contribution in [3.63, 3.8) is 0 Å². The Morgan fingerprint density at radius 3 is 3.17 bits per heavy atom. The SMILES string of the molecule is CN(Cc1cc(-c2ccco2)on1)C1CCNC1. The van der Waals surface area contributed by atoms with Crippen molar-refractivity contribution in [2.45, 2.75) is 19.0 Å². The molecular formula is C13H17N3O2. The Labute approximate surface area is 106 Å². The minimum absolute atomic E-state index is 0.591. The molecule has 0 amide bonds. The third-order valence-electron chi connectivity index (χ3n) is 3.39. The summed E-state index contributed by atoms with van der Waals surface area (Å²) in [5.41, 5.74) is 0.941. The summed E-state index contributed by atoms with van der Waals surface area (Å²) in [5.74, 6) is 1.41. The van der Waals surface area contributed by atoms with Crippen LogP contribution in [0.3, 0.4) is 0 Å². The second kappa shape index (κ2) is 4.96. The van der Waals surface area contributed by atoms with Gasteiger partial charge in [0.25, 0.3) is 0 Å². The summed E-state index contributed by atoms with van der Waals surface area (Å²) < 4.78 is 10.6. The molecule has 0 spiro atoms. The summed E-state index contributed by atoms with van der Waals surface area (Å²) in [6.45, 7) is 2.96. The Bertz CT molecular complexity index is 486. The van der Waals surface area contributed by atoms with Crippen molar-refractivity contribution in [1.29, 1.82) is 0 Å². The van der Waals surface area contributed by atoms with Gasteiger partial charge in [0.15, 0.2) is 5.76 Å². The first-order valence-electron chi connectivity index (χ1n) is 6.23. The predicted molar refractivity (Wildman–Crippen MR) is 66.9 cm³/mol. The Morgan fingerprint density at radius 2 is 2.44 bits per heavy atom. The van der Waals surface area contributed by atoms with E-state index in [9.17, 15) is 0 Å².